The van der Waals surface area contributed by atoms with Crippen LogP contribution in [0.2, 0.25) is 0 Å². The fourth-order valence-corrected chi connectivity index (χ4v) is 4.75. The third-order valence-electron chi connectivity index (χ3n) is 2.44. The summed E-state index contributed by atoms with van der Waals surface area (Å²) < 4.78 is 46.4. The minimum absolute atomic E-state index is 0.0368. The van der Waals surface area contributed by atoms with Crippen LogP contribution in [0.15, 0.2) is 27.6 Å². The minimum atomic E-state index is -3.74. The highest BCUT2D eigenvalue weighted by molar-refractivity contribution is 9.10. The average Bonchev–Trinajstić information content (AvgIpc) is 2.26. The van der Waals surface area contributed by atoms with Crippen LogP contribution in [-0.2, 0) is 19.7 Å². The minimum Gasteiger partial charge on any atom is -0.478 e. The molecule has 0 spiro atoms. The van der Waals surface area contributed by atoms with Crippen LogP contribution >= 0.6 is 15.9 Å². The number of aromatic carboxylic acids is 1. The van der Waals surface area contributed by atoms with Gasteiger partial charge in [0, 0.05) is 10.7 Å². The summed E-state index contributed by atoms with van der Waals surface area (Å²) in [6.07, 6.45) is 0.992. The number of hydrogen-bond donors (Lipinski definition) is 1. The molecular formula is C11H13BrO6S2. The van der Waals surface area contributed by atoms with E-state index in [4.69, 9.17) is 5.11 Å². The molecule has 9 heteroatoms. The van der Waals surface area contributed by atoms with Gasteiger partial charge in [0.2, 0.25) is 0 Å². The molecule has 6 nitrogen and oxygen atoms in total. The van der Waals surface area contributed by atoms with Crippen LogP contribution < -0.4 is 0 Å². The zero-order valence-corrected chi connectivity index (χ0v) is 13.8. The van der Waals surface area contributed by atoms with Crippen molar-refractivity contribution in [3.63, 3.8) is 0 Å². The summed E-state index contributed by atoms with van der Waals surface area (Å²) in [6.45, 7) is 0. The maximum Gasteiger partial charge on any atom is 0.335 e. The van der Waals surface area contributed by atoms with Gasteiger partial charge in [0.1, 0.15) is 9.84 Å². The molecule has 1 N–H and O–H groups in total. The van der Waals surface area contributed by atoms with Gasteiger partial charge in [0.15, 0.2) is 9.84 Å². The molecule has 0 aliphatic heterocycles. The van der Waals surface area contributed by atoms with Crippen LogP contribution in [0.3, 0.4) is 0 Å². The Labute approximate surface area is 125 Å². The second-order valence-corrected chi connectivity index (χ2v) is 9.44. The van der Waals surface area contributed by atoms with Crippen LogP contribution in [0.5, 0.6) is 0 Å². The van der Waals surface area contributed by atoms with E-state index in [-0.39, 0.29) is 32.9 Å². The number of carboxylic acids is 1. The maximum absolute atomic E-state index is 12.1. The highest BCUT2D eigenvalue weighted by Crippen LogP contribution is 2.25. The molecule has 0 radical (unpaired) electrons. The molecule has 0 unspecified atom stereocenters. The van der Waals surface area contributed by atoms with Crippen molar-refractivity contribution in [2.24, 2.45) is 0 Å². The van der Waals surface area contributed by atoms with E-state index in [2.05, 4.69) is 15.9 Å². The van der Waals surface area contributed by atoms with E-state index < -0.39 is 25.6 Å². The summed E-state index contributed by atoms with van der Waals surface area (Å²) in [5, 5.41) is 8.86. The van der Waals surface area contributed by atoms with Crippen LogP contribution in [0.4, 0.5) is 0 Å². The van der Waals surface area contributed by atoms with Crippen molar-refractivity contribution in [2.75, 3.05) is 17.8 Å². The first kappa shape index (κ1) is 17.1. The third kappa shape index (κ3) is 4.88. The van der Waals surface area contributed by atoms with Gasteiger partial charge >= 0.3 is 5.97 Å². The summed E-state index contributed by atoms with van der Waals surface area (Å²) in [5.41, 5.74) is -0.144. The quantitative estimate of drug-likeness (QED) is 0.793. The van der Waals surface area contributed by atoms with Crippen LogP contribution in [0.1, 0.15) is 16.8 Å². The zero-order valence-electron chi connectivity index (χ0n) is 10.5. The summed E-state index contributed by atoms with van der Waals surface area (Å²) in [4.78, 5) is 10.7. The lowest BCUT2D eigenvalue weighted by molar-refractivity contribution is 0.0696. The molecule has 0 saturated heterocycles. The summed E-state index contributed by atoms with van der Waals surface area (Å²) >= 11 is 3.06. The van der Waals surface area contributed by atoms with Crippen LogP contribution in [0.25, 0.3) is 0 Å². The molecule has 0 aliphatic carbocycles. The van der Waals surface area contributed by atoms with Crippen molar-refractivity contribution < 1.29 is 26.7 Å². The number of carboxylic acid groups (broad SMARTS) is 1. The zero-order chi connectivity index (χ0) is 15.6. The van der Waals surface area contributed by atoms with Gasteiger partial charge in [-0.1, -0.05) is 0 Å². The van der Waals surface area contributed by atoms with Gasteiger partial charge in [0.05, 0.1) is 22.0 Å². The molecule has 1 rings (SSSR count). The average molecular weight is 385 g/mol. The molecule has 0 atom stereocenters. The summed E-state index contributed by atoms with van der Waals surface area (Å²) in [6, 6.07) is 3.68. The highest BCUT2D eigenvalue weighted by Gasteiger charge is 2.20. The van der Waals surface area contributed by atoms with Crippen molar-refractivity contribution >= 4 is 41.6 Å². The Morgan fingerprint density at radius 3 is 2.30 bits per heavy atom. The first-order valence-corrected chi connectivity index (χ1v) is 9.97. The molecule has 0 aliphatic rings. The first-order chi connectivity index (χ1) is 9.03. The Morgan fingerprint density at radius 1 is 1.20 bits per heavy atom. The fraction of sp³-hybridized carbons (Fsp3) is 0.364. The van der Waals surface area contributed by atoms with Gasteiger partial charge in [-0.25, -0.2) is 21.6 Å². The van der Waals surface area contributed by atoms with E-state index in [1.807, 2.05) is 0 Å². The molecule has 0 amide bonds. The van der Waals surface area contributed by atoms with Crippen LogP contribution in [-0.4, -0.2) is 45.7 Å². The Balaban J connectivity index is 3.03. The van der Waals surface area contributed by atoms with Crippen molar-refractivity contribution in [1.82, 2.24) is 0 Å². The van der Waals surface area contributed by atoms with Gasteiger partial charge in [-0.15, -0.1) is 0 Å². The normalized spacial score (nSPS) is 12.3. The van der Waals surface area contributed by atoms with E-state index in [0.717, 1.165) is 12.3 Å². The molecule has 0 aromatic heterocycles. The van der Waals surface area contributed by atoms with E-state index >= 15 is 0 Å². The number of hydrogen-bond acceptors (Lipinski definition) is 5. The lowest BCUT2D eigenvalue weighted by atomic mass is 10.2. The van der Waals surface area contributed by atoms with Gasteiger partial charge in [-0.05, 0) is 40.5 Å². The Hall–Kier alpha value is -0.930. The SMILES string of the molecule is CS(=O)(=O)CCCS(=O)(=O)c1cc(C(=O)O)ccc1Br. The smallest absolute Gasteiger partial charge is 0.335 e. The molecule has 1 aromatic rings. The first-order valence-electron chi connectivity index (χ1n) is 5.46. The molecule has 0 fully saturated rings. The second-order valence-electron chi connectivity index (χ2n) is 4.25. The topological polar surface area (TPSA) is 106 Å². The van der Waals surface area contributed by atoms with E-state index in [9.17, 15) is 21.6 Å². The van der Waals surface area contributed by atoms with Gasteiger partial charge in [-0.2, -0.15) is 0 Å². The lowest BCUT2D eigenvalue weighted by Crippen LogP contribution is -2.13. The van der Waals surface area contributed by atoms with Crippen LogP contribution in [0, 0.1) is 0 Å². The van der Waals surface area contributed by atoms with E-state index in [1.54, 1.807) is 0 Å². The molecule has 20 heavy (non-hydrogen) atoms. The molecular weight excluding hydrogens is 372 g/mol. The third-order valence-corrected chi connectivity index (χ3v) is 6.26. The molecule has 0 saturated carbocycles. The standard InChI is InChI=1S/C11H13BrO6S2/c1-19(15,16)5-2-6-20(17,18)10-7-8(11(13)14)3-4-9(10)12/h3-4,7H,2,5-6H2,1H3,(H,13,14). The lowest BCUT2D eigenvalue weighted by Gasteiger charge is -2.07. The predicted octanol–water partition coefficient (Wildman–Crippen LogP) is 1.36. The monoisotopic (exact) mass is 384 g/mol. The highest BCUT2D eigenvalue weighted by atomic mass is 79.9. The van der Waals surface area contributed by atoms with Gasteiger partial charge in [-0.3, -0.25) is 0 Å². The van der Waals surface area contributed by atoms with E-state index in [0.29, 0.717) is 0 Å². The Morgan fingerprint density at radius 2 is 1.80 bits per heavy atom. The molecule has 112 valence electrons. The van der Waals surface area contributed by atoms with Crippen molar-refractivity contribution in [1.29, 1.82) is 0 Å². The largest absolute Gasteiger partial charge is 0.478 e. The molecule has 0 heterocycles. The molecule has 0 bridgehead atoms. The number of sulfone groups is 2. The van der Waals surface area contributed by atoms with Gasteiger partial charge in [0.25, 0.3) is 0 Å². The maximum atomic E-state index is 12.1. The fourth-order valence-electron chi connectivity index (χ4n) is 1.50. The summed E-state index contributed by atoms with van der Waals surface area (Å²) in [5.74, 6) is -1.82. The van der Waals surface area contributed by atoms with Crippen molar-refractivity contribution in [3.05, 3.63) is 28.2 Å². The van der Waals surface area contributed by atoms with E-state index in [1.165, 1.54) is 12.1 Å². The number of halogens is 1. The molecule has 1 aromatic carbocycles. The summed E-state index contributed by atoms with van der Waals surface area (Å²) in [7, 11) is -6.97. The number of rotatable bonds is 6. The Bertz CT molecular complexity index is 721. The van der Waals surface area contributed by atoms with Gasteiger partial charge < -0.3 is 5.11 Å². The number of carbonyl (C=O) groups is 1. The number of benzene rings is 1. The second kappa shape index (κ2) is 6.23. The Kier molecular flexibility index (Phi) is 5.33. The van der Waals surface area contributed by atoms with Crippen molar-refractivity contribution in [2.45, 2.75) is 11.3 Å². The van der Waals surface area contributed by atoms with Crippen molar-refractivity contribution in [3.8, 4) is 0 Å². The predicted molar refractivity (Wildman–Crippen MR) is 77.5 cm³/mol.